The summed E-state index contributed by atoms with van der Waals surface area (Å²) in [7, 11) is 0. The minimum atomic E-state index is -0.0148. The van der Waals surface area contributed by atoms with Gasteiger partial charge in [0.05, 0.1) is 92.7 Å². The number of pyridine rings is 2. The number of fused-ring (bicyclic) bond motifs is 6. The molecule has 11 heteroatoms. The topological polar surface area (TPSA) is 229 Å². The van der Waals surface area contributed by atoms with E-state index < -0.39 is 0 Å². The van der Waals surface area contributed by atoms with E-state index in [9.17, 15) is 42.1 Å². The van der Waals surface area contributed by atoms with E-state index in [1.807, 2.05) is 36.4 Å². The smallest absolute Gasteiger partial charge is 0.144 e. The zero-order valence-corrected chi connectivity index (χ0v) is 23.7. The normalized spacial score (nSPS) is 11.5. The predicted molar refractivity (Wildman–Crippen MR) is 163 cm³/mol. The third-order valence-corrected chi connectivity index (χ3v) is 7.52. The summed E-state index contributed by atoms with van der Waals surface area (Å²) in [4.78, 5) is 9.23. The Morgan fingerprint density at radius 2 is 0.936 bits per heavy atom. The van der Waals surface area contributed by atoms with Gasteiger partial charge in [0.1, 0.15) is 23.2 Å². The van der Waals surface area contributed by atoms with Gasteiger partial charge in [-0.05, 0) is 42.5 Å². The molecule has 3 aromatic heterocycles. The van der Waals surface area contributed by atoms with Crippen molar-refractivity contribution in [3.8, 4) is 48.6 Å². The summed E-state index contributed by atoms with van der Waals surface area (Å²) < 4.78 is 5.85. The molecule has 6 aromatic rings. The van der Waals surface area contributed by atoms with Crippen molar-refractivity contribution < 1.29 is 4.42 Å². The first-order valence-electron chi connectivity index (χ1n) is 13.4. The first-order valence-corrected chi connectivity index (χ1v) is 13.4. The monoisotopic (exact) mass is 598 g/mol. The van der Waals surface area contributed by atoms with Gasteiger partial charge in [-0.15, -0.1) is 0 Å². The lowest BCUT2D eigenvalue weighted by Crippen LogP contribution is -2.12. The third-order valence-electron chi connectivity index (χ3n) is 7.52. The number of nitrogens with zero attached hydrogens (tertiary/aromatic N) is 10. The van der Waals surface area contributed by atoms with Crippen LogP contribution in [0, 0.1) is 90.6 Å². The van der Waals surface area contributed by atoms with Gasteiger partial charge in [0.2, 0.25) is 0 Å². The van der Waals surface area contributed by atoms with Gasteiger partial charge in [-0.2, -0.15) is 42.1 Å². The van der Waals surface area contributed by atoms with Crippen molar-refractivity contribution >= 4 is 43.9 Å². The van der Waals surface area contributed by atoms with Crippen LogP contribution in [0.1, 0.15) is 44.5 Å². The number of hydrogen-bond donors (Lipinski definition) is 0. The number of nitriles is 8. The molecule has 0 unspecified atom stereocenters. The van der Waals surface area contributed by atoms with Crippen LogP contribution in [0.3, 0.4) is 0 Å². The lowest BCUT2D eigenvalue weighted by atomic mass is 9.92. The minimum absolute atomic E-state index is 0.00243. The Labute approximate surface area is 264 Å². The van der Waals surface area contributed by atoms with Gasteiger partial charge in [0.15, 0.2) is 0 Å². The third kappa shape index (κ3) is 4.46. The van der Waals surface area contributed by atoms with Crippen LogP contribution < -0.4 is 10.4 Å². The van der Waals surface area contributed by atoms with Crippen molar-refractivity contribution in [3.05, 3.63) is 116 Å². The van der Waals surface area contributed by atoms with Gasteiger partial charge in [-0.1, -0.05) is 0 Å². The molecule has 0 radical (unpaired) electrons. The first-order chi connectivity index (χ1) is 22.9. The van der Waals surface area contributed by atoms with Crippen LogP contribution in [0.15, 0.2) is 65.5 Å². The molecule has 0 bridgehead atoms. The van der Waals surface area contributed by atoms with Crippen LogP contribution in [0.25, 0.3) is 43.9 Å². The summed E-state index contributed by atoms with van der Waals surface area (Å²) in [6, 6.07) is 26.1. The second-order valence-corrected chi connectivity index (χ2v) is 9.94. The molecule has 0 aliphatic rings. The minimum Gasteiger partial charge on any atom is -0.464 e. The number of furan rings is 1. The van der Waals surface area contributed by atoms with E-state index in [1.54, 1.807) is 18.2 Å². The summed E-state index contributed by atoms with van der Waals surface area (Å²) >= 11 is 0. The van der Waals surface area contributed by atoms with E-state index in [0.717, 1.165) is 0 Å². The SMILES string of the molecule is N#C/C(c1c(C#N)cc(C#N)cc1C#N)=c1\cnc2c(c1)c1ccoc1c1c/c(=C(\C#N)c3c(C#N)cc(C#N)cc3C#N)cnc12. The maximum atomic E-state index is 10.2. The van der Waals surface area contributed by atoms with Crippen molar-refractivity contribution in [2.75, 3.05) is 0 Å². The van der Waals surface area contributed by atoms with Crippen LogP contribution in [0.5, 0.6) is 0 Å². The number of aromatic nitrogens is 2. The van der Waals surface area contributed by atoms with Gasteiger partial charge < -0.3 is 4.42 Å². The largest absolute Gasteiger partial charge is 0.464 e. The summed E-state index contributed by atoms with van der Waals surface area (Å²) in [5.74, 6) is 0. The predicted octanol–water partition coefficient (Wildman–Crippen LogP) is 4.20. The van der Waals surface area contributed by atoms with Gasteiger partial charge in [-0.3, -0.25) is 9.97 Å². The quantitative estimate of drug-likeness (QED) is 0.256. The second kappa shape index (κ2) is 11.4. The highest BCUT2D eigenvalue weighted by atomic mass is 16.3. The highest BCUT2D eigenvalue weighted by Crippen LogP contribution is 2.33. The molecule has 0 aliphatic heterocycles. The molecule has 3 aromatic carbocycles. The summed E-state index contributed by atoms with van der Waals surface area (Å²) in [6.07, 6.45) is 4.29. The molecule has 0 amide bonds. The summed E-state index contributed by atoms with van der Waals surface area (Å²) in [6.45, 7) is 0. The molecule has 210 valence electrons. The zero-order valence-electron chi connectivity index (χ0n) is 23.7. The molecule has 11 nitrogen and oxygen atoms in total. The molecule has 0 saturated heterocycles. The average Bonchev–Trinajstić information content (AvgIpc) is 3.63. The molecule has 0 N–H and O–H groups in total. The Morgan fingerprint density at radius 3 is 1.34 bits per heavy atom. The Hall–Kier alpha value is -8.32. The van der Waals surface area contributed by atoms with Gasteiger partial charge in [0.25, 0.3) is 0 Å². The fourth-order valence-corrected chi connectivity index (χ4v) is 5.52. The van der Waals surface area contributed by atoms with E-state index in [2.05, 4.69) is 22.1 Å². The Balaban J connectivity index is 1.70. The lowest BCUT2D eigenvalue weighted by molar-refractivity contribution is 0.619. The molecule has 0 atom stereocenters. The fourth-order valence-electron chi connectivity index (χ4n) is 5.52. The molecule has 0 saturated carbocycles. The average molecular weight is 599 g/mol. The fraction of sp³-hybridized carbons (Fsp3) is 0. The van der Waals surface area contributed by atoms with Crippen LogP contribution in [-0.2, 0) is 0 Å². The highest BCUT2D eigenvalue weighted by Gasteiger charge is 2.20. The van der Waals surface area contributed by atoms with Crippen LogP contribution >= 0.6 is 0 Å². The van der Waals surface area contributed by atoms with Crippen molar-refractivity contribution in [3.63, 3.8) is 0 Å². The van der Waals surface area contributed by atoms with Gasteiger partial charge in [0, 0.05) is 50.1 Å². The Morgan fingerprint density at radius 1 is 0.511 bits per heavy atom. The van der Waals surface area contributed by atoms with Gasteiger partial charge >= 0.3 is 0 Å². The van der Waals surface area contributed by atoms with E-state index >= 15 is 0 Å². The maximum absolute atomic E-state index is 10.2. The van der Waals surface area contributed by atoms with E-state index in [0.29, 0.717) is 43.2 Å². The molecular formula is C36H10N10O. The van der Waals surface area contributed by atoms with Crippen LogP contribution in [0.2, 0.25) is 0 Å². The summed E-state index contributed by atoms with van der Waals surface area (Å²) in [5, 5.41) is 80.5. The van der Waals surface area contributed by atoms with Crippen LogP contribution in [-0.4, -0.2) is 9.97 Å². The molecule has 0 fully saturated rings. The number of rotatable bonds is 2. The first kappa shape index (κ1) is 28.8. The standard InChI is InChI=1S/C36H10N10O/c37-9-19-3-21(11-39)32(22(4-19)12-40)30(15-43)25-7-28-27-1-2-47-36(27)29-8-26(18-46-35(29)34(28)45-17-25)31(16-44)33-23(13-41)5-20(10-38)6-24(33)14-42/h1-8,17-18H/b30-25+,31-26-. The molecule has 3 heterocycles. The van der Waals surface area contributed by atoms with E-state index in [4.69, 9.17) is 4.42 Å². The lowest BCUT2D eigenvalue weighted by Gasteiger charge is -2.09. The van der Waals surface area contributed by atoms with Crippen molar-refractivity contribution in [2.45, 2.75) is 0 Å². The van der Waals surface area contributed by atoms with E-state index in [1.165, 1.54) is 42.9 Å². The van der Waals surface area contributed by atoms with Crippen LogP contribution in [0.4, 0.5) is 0 Å². The number of benzene rings is 3. The van der Waals surface area contributed by atoms with Gasteiger partial charge in [-0.25, -0.2) is 0 Å². The second-order valence-electron chi connectivity index (χ2n) is 9.94. The Bertz CT molecular complexity index is 2630. The van der Waals surface area contributed by atoms with Crippen molar-refractivity contribution in [1.29, 1.82) is 42.1 Å². The zero-order chi connectivity index (χ0) is 33.2. The molecule has 47 heavy (non-hydrogen) atoms. The van der Waals surface area contributed by atoms with E-state index in [-0.39, 0.29) is 55.7 Å². The maximum Gasteiger partial charge on any atom is 0.144 e. The Kier molecular flexibility index (Phi) is 6.98. The van der Waals surface area contributed by atoms with Crippen molar-refractivity contribution in [2.24, 2.45) is 0 Å². The van der Waals surface area contributed by atoms with Crippen molar-refractivity contribution in [1.82, 2.24) is 9.97 Å². The molecule has 0 spiro atoms. The summed E-state index contributed by atoms with van der Waals surface area (Å²) in [5.41, 5.74) is 1.53. The highest BCUT2D eigenvalue weighted by molar-refractivity contribution is 6.21. The molecular weight excluding hydrogens is 588 g/mol. The number of hydrogen-bond acceptors (Lipinski definition) is 11. The molecule has 0 aliphatic carbocycles. The molecule has 6 rings (SSSR count).